The van der Waals surface area contributed by atoms with Gasteiger partial charge in [0.2, 0.25) is 0 Å². The summed E-state index contributed by atoms with van der Waals surface area (Å²) in [6.07, 6.45) is 3.66. The fraction of sp³-hybridized carbons (Fsp3) is 0.500. The molecule has 2 aliphatic carbocycles. The van der Waals surface area contributed by atoms with Crippen LogP contribution in [0, 0.1) is 23.2 Å². The van der Waals surface area contributed by atoms with Gasteiger partial charge in [0.1, 0.15) is 0 Å². The van der Waals surface area contributed by atoms with E-state index < -0.39 is 0 Å². The van der Waals surface area contributed by atoms with Gasteiger partial charge in [-0.2, -0.15) is 5.26 Å². The lowest BCUT2D eigenvalue weighted by Gasteiger charge is -2.59. The Morgan fingerprint density at radius 2 is 1.81 bits per heavy atom. The molecular formula is C14H14BrN. The second-order valence-corrected chi connectivity index (χ2v) is 5.99. The standard InChI is InChI=1S/C14H14BrN/c15-13-11-7-4-8-12(13)14(11,9-16)10-5-2-1-3-6-10/h1-3,5-6,11-13H,4,7-8H2/t11-,12+,13?,14?. The molecule has 1 aromatic rings. The van der Waals surface area contributed by atoms with Crippen molar-refractivity contribution in [1.82, 2.24) is 0 Å². The van der Waals surface area contributed by atoms with Gasteiger partial charge in [-0.1, -0.05) is 52.7 Å². The molecule has 2 saturated carbocycles. The minimum atomic E-state index is -0.201. The predicted molar refractivity (Wildman–Crippen MR) is 67.3 cm³/mol. The normalized spacial score (nSPS) is 40.9. The van der Waals surface area contributed by atoms with Crippen LogP contribution in [-0.2, 0) is 5.41 Å². The Morgan fingerprint density at radius 3 is 2.31 bits per heavy atom. The molecule has 4 atom stereocenters. The number of nitrogens with zero attached hydrogens (tertiary/aromatic N) is 1. The first kappa shape index (κ1) is 10.4. The van der Waals surface area contributed by atoms with Crippen LogP contribution in [0.5, 0.6) is 0 Å². The van der Waals surface area contributed by atoms with E-state index in [1.807, 2.05) is 18.2 Å². The molecule has 2 unspecified atom stereocenters. The summed E-state index contributed by atoms with van der Waals surface area (Å²) < 4.78 is 0. The van der Waals surface area contributed by atoms with Crippen LogP contribution in [0.2, 0.25) is 0 Å². The zero-order valence-electron chi connectivity index (χ0n) is 9.07. The van der Waals surface area contributed by atoms with Crippen LogP contribution in [0.1, 0.15) is 24.8 Å². The summed E-state index contributed by atoms with van der Waals surface area (Å²) in [4.78, 5) is 0.557. The summed E-state index contributed by atoms with van der Waals surface area (Å²) in [6, 6.07) is 13.0. The fourth-order valence-electron chi connectivity index (χ4n) is 3.64. The maximum absolute atomic E-state index is 9.64. The van der Waals surface area contributed by atoms with Gasteiger partial charge in [-0.25, -0.2) is 0 Å². The first-order valence-corrected chi connectivity index (χ1v) is 6.83. The first-order valence-electron chi connectivity index (χ1n) is 5.91. The van der Waals surface area contributed by atoms with Gasteiger partial charge in [0, 0.05) is 4.83 Å². The van der Waals surface area contributed by atoms with E-state index in [0.29, 0.717) is 16.7 Å². The summed E-state index contributed by atoms with van der Waals surface area (Å²) in [7, 11) is 0. The minimum absolute atomic E-state index is 0.201. The van der Waals surface area contributed by atoms with Crippen LogP contribution in [0.25, 0.3) is 0 Å². The highest BCUT2D eigenvalue weighted by atomic mass is 79.9. The van der Waals surface area contributed by atoms with Crippen molar-refractivity contribution in [2.24, 2.45) is 11.8 Å². The summed E-state index contributed by atoms with van der Waals surface area (Å²) in [5.41, 5.74) is 1.02. The lowest BCUT2D eigenvalue weighted by molar-refractivity contribution is 0.0320. The molecule has 3 rings (SSSR count). The van der Waals surface area contributed by atoms with E-state index in [1.165, 1.54) is 24.8 Å². The number of rotatable bonds is 1. The third-order valence-electron chi connectivity index (χ3n) is 4.41. The van der Waals surface area contributed by atoms with Gasteiger partial charge < -0.3 is 0 Å². The Hall–Kier alpha value is -0.810. The van der Waals surface area contributed by atoms with Crippen LogP contribution >= 0.6 is 15.9 Å². The fourth-order valence-corrected chi connectivity index (χ4v) is 5.01. The van der Waals surface area contributed by atoms with Crippen LogP contribution in [0.3, 0.4) is 0 Å². The van der Waals surface area contributed by atoms with Gasteiger partial charge in [-0.05, 0) is 30.2 Å². The summed E-state index contributed by atoms with van der Waals surface area (Å²) in [5.74, 6) is 1.03. The van der Waals surface area contributed by atoms with Crippen molar-refractivity contribution in [1.29, 1.82) is 5.26 Å². The molecule has 16 heavy (non-hydrogen) atoms. The van der Waals surface area contributed by atoms with Crippen molar-refractivity contribution in [2.45, 2.75) is 29.5 Å². The maximum Gasteiger partial charge on any atom is 0.0899 e. The van der Waals surface area contributed by atoms with Crippen LogP contribution in [-0.4, -0.2) is 4.83 Å². The third-order valence-corrected chi connectivity index (χ3v) is 5.68. The molecule has 0 aromatic heterocycles. The largest absolute Gasteiger partial charge is 0.197 e. The number of benzene rings is 1. The molecule has 0 heterocycles. The van der Waals surface area contributed by atoms with E-state index >= 15 is 0 Å². The van der Waals surface area contributed by atoms with Crippen molar-refractivity contribution in [3.8, 4) is 6.07 Å². The Morgan fingerprint density at radius 1 is 1.19 bits per heavy atom. The molecule has 2 aliphatic rings. The summed E-state index contributed by atoms with van der Waals surface area (Å²) in [6.45, 7) is 0. The van der Waals surface area contributed by atoms with E-state index in [4.69, 9.17) is 0 Å². The Balaban J connectivity index is 2.07. The van der Waals surface area contributed by atoms with E-state index in [-0.39, 0.29) is 5.41 Å². The zero-order chi connectivity index (χ0) is 11.2. The summed E-state index contributed by atoms with van der Waals surface area (Å²) in [5, 5.41) is 9.64. The van der Waals surface area contributed by atoms with Gasteiger partial charge in [0.25, 0.3) is 0 Å². The van der Waals surface area contributed by atoms with E-state index in [0.717, 1.165) is 0 Å². The van der Waals surface area contributed by atoms with E-state index in [9.17, 15) is 5.26 Å². The average molecular weight is 276 g/mol. The topological polar surface area (TPSA) is 23.8 Å². The van der Waals surface area contributed by atoms with Gasteiger partial charge in [-0.3, -0.25) is 0 Å². The van der Waals surface area contributed by atoms with Crippen LogP contribution in [0.15, 0.2) is 30.3 Å². The van der Waals surface area contributed by atoms with Gasteiger partial charge >= 0.3 is 0 Å². The molecule has 0 radical (unpaired) electrons. The molecule has 0 N–H and O–H groups in total. The van der Waals surface area contributed by atoms with Crippen molar-refractivity contribution in [2.75, 3.05) is 0 Å². The number of alkyl halides is 1. The van der Waals surface area contributed by atoms with E-state index in [1.54, 1.807) is 0 Å². The van der Waals surface area contributed by atoms with Crippen molar-refractivity contribution >= 4 is 15.9 Å². The Bertz CT molecular complexity index is 422. The highest BCUT2D eigenvalue weighted by molar-refractivity contribution is 9.09. The molecule has 0 spiro atoms. The smallest absolute Gasteiger partial charge is 0.0899 e. The van der Waals surface area contributed by atoms with Crippen molar-refractivity contribution in [3.05, 3.63) is 35.9 Å². The number of hydrogen-bond donors (Lipinski definition) is 0. The van der Waals surface area contributed by atoms with Crippen molar-refractivity contribution in [3.63, 3.8) is 0 Å². The molecule has 0 amide bonds. The van der Waals surface area contributed by atoms with Crippen LogP contribution in [0.4, 0.5) is 0 Å². The summed E-state index contributed by atoms with van der Waals surface area (Å²) >= 11 is 3.77. The number of hydrogen-bond acceptors (Lipinski definition) is 1. The van der Waals surface area contributed by atoms with Gasteiger partial charge in [0.15, 0.2) is 0 Å². The zero-order valence-corrected chi connectivity index (χ0v) is 10.7. The number of nitriles is 1. The molecule has 0 saturated heterocycles. The Kier molecular flexibility index (Phi) is 2.33. The monoisotopic (exact) mass is 275 g/mol. The van der Waals surface area contributed by atoms with Gasteiger partial charge in [0.05, 0.1) is 11.5 Å². The second kappa shape index (κ2) is 3.60. The molecule has 1 nitrogen and oxygen atoms in total. The minimum Gasteiger partial charge on any atom is -0.197 e. The predicted octanol–water partition coefficient (Wildman–Crippen LogP) is 3.64. The highest BCUT2D eigenvalue weighted by Gasteiger charge is 2.63. The van der Waals surface area contributed by atoms with Gasteiger partial charge in [-0.15, -0.1) is 0 Å². The molecule has 0 aliphatic heterocycles. The lowest BCUT2D eigenvalue weighted by atomic mass is 9.45. The molecular weight excluding hydrogens is 262 g/mol. The number of fused-ring (bicyclic) bond motifs is 2. The number of halogens is 1. The third kappa shape index (κ3) is 1.10. The lowest BCUT2D eigenvalue weighted by Crippen LogP contribution is -2.62. The first-order chi connectivity index (χ1) is 7.80. The SMILES string of the molecule is N#CC1(c2ccccc2)[C@@H]2CCC[C@H]1C2Br. The second-order valence-electron chi connectivity index (χ2n) is 4.94. The average Bonchev–Trinajstić information content (AvgIpc) is 2.38. The molecule has 2 bridgehead atoms. The molecule has 82 valence electrons. The van der Waals surface area contributed by atoms with E-state index in [2.05, 4.69) is 34.1 Å². The molecule has 1 aromatic carbocycles. The molecule has 2 fully saturated rings. The van der Waals surface area contributed by atoms with Crippen LogP contribution < -0.4 is 0 Å². The maximum atomic E-state index is 9.64. The highest BCUT2D eigenvalue weighted by Crippen LogP contribution is 2.62. The quantitative estimate of drug-likeness (QED) is 0.718. The Labute approximate surface area is 105 Å². The molecule has 2 heteroatoms. The van der Waals surface area contributed by atoms with Crippen molar-refractivity contribution < 1.29 is 0 Å².